The summed E-state index contributed by atoms with van der Waals surface area (Å²) < 4.78 is 7.94. The van der Waals surface area contributed by atoms with Gasteiger partial charge in [-0.3, -0.25) is 4.79 Å². The molecule has 1 amide bonds. The van der Waals surface area contributed by atoms with Gasteiger partial charge in [0.15, 0.2) is 5.69 Å². The molecule has 0 bridgehead atoms. The van der Waals surface area contributed by atoms with Crippen molar-refractivity contribution in [3.05, 3.63) is 134 Å². The first-order chi connectivity index (χ1) is 21.3. The third-order valence-electron chi connectivity index (χ3n) is 7.58. The number of hydrogen-bond acceptors (Lipinski definition) is 5. The normalized spacial score (nSPS) is 13.5. The molecule has 0 spiro atoms. The van der Waals surface area contributed by atoms with Gasteiger partial charge < -0.3 is 9.73 Å². The minimum Gasteiger partial charge on any atom is -0.418 e. The molecule has 1 saturated carbocycles. The van der Waals surface area contributed by atoms with E-state index in [0.29, 0.717) is 48.6 Å². The van der Waals surface area contributed by atoms with Crippen LogP contribution in [0.4, 0.5) is 5.69 Å². The number of benzene rings is 4. The number of rotatable bonds is 7. The third kappa shape index (κ3) is 5.26. The summed E-state index contributed by atoms with van der Waals surface area (Å²) in [6.45, 7) is 0. The molecule has 7 nitrogen and oxygen atoms in total. The van der Waals surface area contributed by atoms with Crippen molar-refractivity contribution in [3.63, 3.8) is 0 Å². The Labute approximate surface area is 272 Å². The van der Waals surface area contributed by atoms with Gasteiger partial charge in [0.1, 0.15) is 0 Å². The molecule has 0 unspecified atom stereocenters. The minimum atomic E-state index is -0.427. The fraction of sp³-hybridized carbons (Fsp3) is 0.0909. The van der Waals surface area contributed by atoms with Crippen LogP contribution < -0.4 is 5.32 Å². The number of amides is 1. The molecule has 44 heavy (non-hydrogen) atoms. The van der Waals surface area contributed by atoms with E-state index in [-0.39, 0.29) is 17.1 Å². The Bertz CT molecular complexity index is 2000. The van der Waals surface area contributed by atoms with Crippen molar-refractivity contribution >= 4 is 58.0 Å². The van der Waals surface area contributed by atoms with Gasteiger partial charge in [0, 0.05) is 26.3 Å². The highest BCUT2D eigenvalue weighted by atomic mass is 35.5. The molecule has 6 aromatic rings. The van der Waals surface area contributed by atoms with Crippen molar-refractivity contribution in [3.8, 4) is 28.5 Å². The van der Waals surface area contributed by atoms with E-state index in [4.69, 9.17) is 55.9 Å². The van der Waals surface area contributed by atoms with E-state index in [1.165, 1.54) is 0 Å². The summed E-state index contributed by atoms with van der Waals surface area (Å²) in [5, 5.41) is 18.7. The maximum atomic E-state index is 14.2. The van der Waals surface area contributed by atoms with Crippen LogP contribution in [0.1, 0.15) is 34.7 Å². The lowest BCUT2D eigenvalue weighted by atomic mass is 9.96. The second-order valence-corrected chi connectivity index (χ2v) is 12.1. The monoisotopic (exact) mass is 659 g/mol. The smallest absolute Gasteiger partial charge is 0.269 e. The van der Waals surface area contributed by atoms with E-state index in [1.807, 2.05) is 54.6 Å². The number of carbonyl (C=O) groups excluding carboxylic acids is 1. The van der Waals surface area contributed by atoms with Crippen LogP contribution >= 0.6 is 46.4 Å². The molecule has 0 aliphatic heterocycles. The van der Waals surface area contributed by atoms with Gasteiger partial charge in [0.05, 0.1) is 27.4 Å². The third-order valence-corrected chi connectivity index (χ3v) is 8.63. The van der Waals surface area contributed by atoms with E-state index < -0.39 is 11.3 Å². The van der Waals surface area contributed by atoms with Gasteiger partial charge in [-0.05, 0) is 73.0 Å². The second kappa shape index (κ2) is 11.4. The molecule has 1 aliphatic rings. The Hall–Kier alpha value is -4.14. The lowest BCUT2D eigenvalue weighted by Gasteiger charge is -2.12. The summed E-state index contributed by atoms with van der Waals surface area (Å²) in [5.74, 6) is 0.111. The number of nitrogens with zero attached hydrogens (tertiary/aromatic N) is 4. The number of nitrogens with one attached hydrogen (secondary N) is 1. The highest BCUT2D eigenvalue weighted by Crippen LogP contribution is 2.53. The number of anilines is 1. The van der Waals surface area contributed by atoms with Gasteiger partial charge in [-0.2, -0.15) is 5.10 Å². The zero-order valence-electron chi connectivity index (χ0n) is 22.8. The van der Waals surface area contributed by atoms with Crippen molar-refractivity contribution in [1.82, 2.24) is 20.0 Å². The van der Waals surface area contributed by atoms with E-state index in [1.54, 1.807) is 47.1 Å². The molecule has 4 aromatic carbocycles. The Morgan fingerprint density at radius 3 is 2.11 bits per heavy atom. The highest BCUT2D eigenvalue weighted by Gasteiger charge is 2.51. The van der Waals surface area contributed by atoms with Crippen molar-refractivity contribution in [2.24, 2.45) is 0 Å². The first kappa shape index (κ1) is 28.6. The Balaban J connectivity index is 1.43. The van der Waals surface area contributed by atoms with Crippen LogP contribution in [-0.4, -0.2) is 25.9 Å². The summed E-state index contributed by atoms with van der Waals surface area (Å²) >= 11 is 25.3. The average Bonchev–Trinajstić information content (AvgIpc) is 3.50. The molecule has 0 radical (unpaired) electrons. The maximum absolute atomic E-state index is 14.2. The molecular weight excluding hydrogens is 640 g/mol. The fourth-order valence-electron chi connectivity index (χ4n) is 5.23. The molecule has 1 fully saturated rings. The average molecular weight is 661 g/mol. The minimum absolute atomic E-state index is 0.0949. The van der Waals surface area contributed by atoms with Crippen molar-refractivity contribution in [1.29, 1.82) is 0 Å². The highest BCUT2D eigenvalue weighted by molar-refractivity contribution is 6.36. The predicted octanol–water partition coefficient (Wildman–Crippen LogP) is 9.54. The summed E-state index contributed by atoms with van der Waals surface area (Å²) in [6.07, 6.45) is 1.67. The molecule has 11 heteroatoms. The summed E-state index contributed by atoms with van der Waals surface area (Å²) in [5.41, 5.74) is 3.23. The predicted molar refractivity (Wildman–Crippen MR) is 173 cm³/mol. The number of hydrogen-bond donors (Lipinski definition) is 1. The number of para-hydroxylation sites is 1. The van der Waals surface area contributed by atoms with Crippen molar-refractivity contribution < 1.29 is 9.21 Å². The zero-order chi connectivity index (χ0) is 30.4. The molecule has 2 heterocycles. The molecule has 0 saturated heterocycles. The van der Waals surface area contributed by atoms with Crippen LogP contribution in [0.5, 0.6) is 0 Å². The Kier molecular flexibility index (Phi) is 7.42. The molecular formula is C33H21Cl4N5O2. The van der Waals surface area contributed by atoms with Crippen LogP contribution in [-0.2, 0) is 5.41 Å². The zero-order valence-corrected chi connectivity index (χ0v) is 25.8. The van der Waals surface area contributed by atoms with E-state index in [0.717, 1.165) is 18.4 Å². The van der Waals surface area contributed by atoms with Gasteiger partial charge in [-0.15, -0.1) is 10.2 Å². The number of carbonyl (C=O) groups is 1. The summed E-state index contributed by atoms with van der Waals surface area (Å²) in [4.78, 5) is 14.2. The van der Waals surface area contributed by atoms with E-state index in [9.17, 15) is 4.79 Å². The molecule has 0 atom stereocenters. The van der Waals surface area contributed by atoms with Gasteiger partial charge in [0.2, 0.25) is 5.89 Å². The van der Waals surface area contributed by atoms with E-state index >= 15 is 0 Å². The molecule has 2 aromatic heterocycles. The lowest BCUT2D eigenvalue weighted by Crippen LogP contribution is -2.14. The van der Waals surface area contributed by atoms with Crippen LogP contribution in [0.2, 0.25) is 20.1 Å². The molecule has 7 rings (SSSR count). The van der Waals surface area contributed by atoms with Crippen molar-refractivity contribution in [2.45, 2.75) is 18.3 Å². The van der Waals surface area contributed by atoms with E-state index in [2.05, 4.69) is 15.5 Å². The van der Waals surface area contributed by atoms with Crippen LogP contribution in [0.3, 0.4) is 0 Å². The SMILES string of the molecule is O=C(Nc1ccccc1)c1c(-c2nnc(C3(c4ccc(Cl)cc4)CC3)o2)nn(-c2ccc(Cl)cc2Cl)c1-c1ccc(Cl)cc1. The Morgan fingerprint density at radius 1 is 0.795 bits per heavy atom. The Morgan fingerprint density at radius 2 is 1.45 bits per heavy atom. The number of halogens is 4. The van der Waals surface area contributed by atoms with Gasteiger partial charge in [-0.25, -0.2) is 4.68 Å². The second-order valence-electron chi connectivity index (χ2n) is 10.4. The summed E-state index contributed by atoms with van der Waals surface area (Å²) in [6, 6.07) is 28.9. The van der Waals surface area contributed by atoms with Crippen LogP contribution in [0.25, 0.3) is 28.5 Å². The van der Waals surface area contributed by atoms with Gasteiger partial charge in [0.25, 0.3) is 11.8 Å². The number of aromatic nitrogens is 4. The summed E-state index contributed by atoms with van der Waals surface area (Å²) in [7, 11) is 0. The fourth-order valence-corrected chi connectivity index (χ4v) is 5.97. The first-order valence-corrected chi connectivity index (χ1v) is 15.1. The topological polar surface area (TPSA) is 85.8 Å². The van der Waals surface area contributed by atoms with Crippen molar-refractivity contribution in [2.75, 3.05) is 5.32 Å². The largest absolute Gasteiger partial charge is 0.418 e. The molecule has 1 aliphatic carbocycles. The lowest BCUT2D eigenvalue weighted by molar-refractivity contribution is 0.102. The van der Waals surface area contributed by atoms with Gasteiger partial charge in [-0.1, -0.05) is 88.9 Å². The standard InChI is InChI=1S/C33H21Cl4N5O2/c34-21-10-6-19(7-11-21)29-27(30(43)38-24-4-2-1-3-5-24)28(41-42(29)26-15-14-23(36)18-25(26)37)31-39-40-32(44-31)33(16-17-33)20-8-12-22(35)13-9-20/h1-15,18H,16-17H2,(H,38,43). The quantitative estimate of drug-likeness (QED) is 0.184. The van der Waals surface area contributed by atoms with Crippen LogP contribution in [0, 0.1) is 0 Å². The molecule has 1 N–H and O–H groups in total. The first-order valence-electron chi connectivity index (χ1n) is 13.6. The molecule has 218 valence electrons. The van der Waals surface area contributed by atoms with Gasteiger partial charge >= 0.3 is 0 Å². The maximum Gasteiger partial charge on any atom is 0.269 e. The van der Waals surface area contributed by atoms with Crippen LogP contribution in [0.15, 0.2) is 101 Å².